The van der Waals surface area contributed by atoms with Crippen LogP contribution < -0.4 is 10.0 Å². The average molecular weight is 401 g/mol. The molecular formula is C15H14BrFN2O3S. The van der Waals surface area contributed by atoms with Crippen molar-refractivity contribution < 1.29 is 17.6 Å². The minimum Gasteiger partial charge on any atom is -0.351 e. The van der Waals surface area contributed by atoms with E-state index in [2.05, 4.69) is 26.0 Å². The highest BCUT2D eigenvalue weighted by Gasteiger charge is 2.13. The van der Waals surface area contributed by atoms with Crippen LogP contribution in [0.1, 0.15) is 10.4 Å². The summed E-state index contributed by atoms with van der Waals surface area (Å²) < 4.78 is 40.2. The topological polar surface area (TPSA) is 75.3 Å². The summed E-state index contributed by atoms with van der Waals surface area (Å²) in [5.74, 6) is -0.971. The first-order valence-electron chi connectivity index (χ1n) is 6.67. The molecule has 0 fully saturated rings. The molecule has 2 aromatic carbocycles. The summed E-state index contributed by atoms with van der Waals surface area (Å²) in [5, 5.41) is 2.52. The van der Waals surface area contributed by atoms with Crippen molar-refractivity contribution in [3.8, 4) is 0 Å². The van der Waals surface area contributed by atoms with Crippen LogP contribution in [0.25, 0.3) is 0 Å². The van der Waals surface area contributed by atoms with E-state index >= 15 is 0 Å². The summed E-state index contributed by atoms with van der Waals surface area (Å²) >= 11 is 3.23. The molecule has 0 unspecified atom stereocenters. The summed E-state index contributed by atoms with van der Waals surface area (Å²) in [5.41, 5.74) is 0.181. The second-order valence-corrected chi connectivity index (χ2v) is 7.30. The van der Waals surface area contributed by atoms with Gasteiger partial charge in [-0.2, -0.15) is 0 Å². The van der Waals surface area contributed by atoms with Gasteiger partial charge in [0.05, 0.1) is 4.90 Å². The van der Waals surface area contributed by atoms with Gasteiger partial charge in [0.2, 0.25) is 10.0 Å². The maximum Gasteiger partial charge on any atom is 0.251 e. The fourth-order valence-electron chi connectivity index (χ4n) is 1.79. The number of nitrogens with one attached hydrogen (secondary N) is 2. The largest absolute Gasteiger partial charge is 0.351 e. The Balaban J connectivity index is 1.85. The Morgan fingerprint density at radius 3 is 2.43 bits per heavy atom. The monoisotopic (exact) mass is 400 g/mol. The van der Waals surface area contributed by atoms with Gasteiger partial charge < -0.3 is 5.32 Å². The lowest BCUT2D eigenvalue weighted by molar-refractivity contribution is 0.0954. The van der Waals surface area contributed by atoms with Crippen LogP contribution in [0.4, 0.5) is 4.39 Å². The predicted octanol–water partition coefficient (Wildman–Crippen LogP) is 2.30. The van der Waals surface area contributed by atoms with E-state index in [0.29, 0.717) is 0 Å². The molecule has 122 valence electrons. The molecule has 2 rings (SSSR count). The van der Waals surface area contributed by atoms with Crippen LogP contribution in [0.5, 0.6) is 0 Å². The van der Waals surface area contributed by atoms with Gasteiger partial charge in [-0.1, -0.05) is 22.0 Å². The Bertz CT molecular complexity index is 795. The van der Waals surface area contributed by atoms with Crippen LogP contribution in [0.15, 0.2) is 57.9 Å². The summed E-state index contributed by atoms with van der Waals surface area (Å²) in [4.78, 5) is 11.9. The van der Waals surface area contributed by atoms with Crippen molar-refractivity contribution in [2.75, 3.05) is 13.1 Å². The zero-order valence-corrected chi connectivity index (χ0v) is 14.3. The van der Waals surface area contributed by atoms with Crippen molar-refractivity contribution in [3.05, 3.63) is 64.4 Å². The smallest absolute Gasteiger partial charge is 0.251 e. The lowest BCUT2D eigenvalue weighted by Crippen LogP contribution is -2.34. The van der Waals surface area contributed by atoms with Gasteiger partial charge in [0, 0.05) is 23.1 Å². The number of carbonyl (C=O) groups excluding carboxylic acids is 1. The minimum absolute atomic E-state index is 0.0272. The summed E-state index contributed by atoms with van der Waals surface area (Å²) in [7, 11) is -3.63. The van der Waals surface area contributed by atoms with Gasteiger partial charge in [0.15, 0.2) is 0 Å². The van der Waals surface area contributed by atoms with Gasteiger partial charge in [0.1, 0.15) is 5.82 Å². The lowest BCUT2D eigenvalue weighted by atomic mass is 10.2. The van der Waals surface area contributed by atoms with Gasteiger partial charge in [-0.15, -0.1) is 0 Å². The second-order valence-electron chi connectivity index (χ2n) is 4.62. The minimum atomic E-state index is -3.63. The van der Waals surface area contributed by atoms with Crippen LogP contribution >= 0.6 is 15.9 Å². The van der Waals surface area contributed by atoms with Crippen molar-refractivity contribution in [3.63, 3.8) is 0 Å². The maximum absolute atomic E-state index is 13.0. The highest BCUT2D eigenvalue weighted by molar-refractivity contribution is 9.10. The van der Waals surface area contributed by atoms with Crippen molar-refractivity contribution >= 4 is 31.9 Å². The van der Waals surface area contributed by atoms with E-state index in [1.54, 1.807) is 12.1 Å². The molecule has 0 saturated heterocycles. The lowest BCUT2D eigenvalue weighted by Gasteiger charge is -2.08. The molecule has 23 heavy (non-hydrogen) atoms. The Labute approximate surface area is 142 Å². The van der Waals surface area contributed by atoms with E-state index in [1.807, 2.05) is 0 Å². The third kappa shape index (κ3) is 5.12. The number of rotatable bonds is 6. The highest BCUT2D eigenvalue weighted by atomic mass is 79.9. The Kier molecular flexibility index (Phi) is 5.86. The fraction of sp³-hybridized carbons (Fsp3) is 0.133. The van der Waals surface area contributed by atoms with Crippen LogP contribution in [-0.4, -0.2) is 27.4 Å². The van der Waals surface area contributed by atoms with Crippen LogP contribution in [-0.2, 0) is 10.0 Å². The Hall–Kier alpha value is -1.77. The number of sulfonamides is 1. The third-order valence-corrected chi connectivity index (χ3v) is 4.92. The first-order valence-corrected chi connectivity index (χ1v) is 8.95. The molecule has 8 heteroatoms. The first-order chi connectivity index (χ1) is 10.9. The van der Waals surface area contributed by atoms with Gasteiger partial charge in [-0.3, -0.25) is 4.79 Å². The number of hydrogen-bond acceptors (Lipinski definition) is 3. The van der Waals surface area contributed by atoms with E-state index in [9.17, 15) is 17.6 Å². The van der Waals surface area contributed by atoms with Gasteiger partial charge in [-0.05, 0) is 42.5 Å². The SMILES string of the molecule is O=C(NCCNS(=O)(=O)c1ccc(Br)cc1)c1cccc(F)c1. The summed E-state index contributed by atoms with van der Waals surface area (Å²) in [6, 6.07) is 11.4. The molecule has 0 aliphatic rings. The van der Waals surface area contributed by atoms with E-state index in [1.165, 1.54) is 30.3 Å². The van der Waals surface area contributed by atoms with Crippen LogP contribution in [0, 0.1) is 5.82 Å². The molecule has 0 radical (unpaired) electrons. The van der Waals surface area contributed by atoms with E-state index < -0.39 is 21.7 Å². The molecule has 2 N–H and O–H groups in total. The van der Waals surface area contributed by atoms with E-state index in [0.717, 1.165) is 10.5 Å². The van der Waals surface area contributed by atoms with Crippen molar-refractivity contribution in [1.82, 2.24) is 10.0 Å². The first kappa shape index (κ1) is 17.6. The number of hydrogen-bond donors (Lipinski definition) is 2. The average Bonchev–Trinajstić information content (AvgIpc) is 2.52. The van der Waals surface area contributed by atoms with Gasteiger partial charge in [0.25, 0.3) is 5.91 Å². The second kappa shape index (κ2) is 7.67. The number of amides is 1. The van der Waals surface area contributed by atoms with Crippen molar-refractivity contribution in [2.24, 2.45) is 0 Å². The van der Waals surface area contributed by atoms with E-state index in [-0.39, 0.29) is 23.5 Å². The zero-order chi connectivity index (χ0) is 16.9. The summed E-state index contributed by atoms with van der Waals surface area (Å²) in [6.45, 7) is 0.116. The van der Waals surface area contributed by atoms with E-state index in [4.69, 9.17) is 0 Å². The number of benzene rings is 2. The highest BCUT2D eigenvalue weighted by Crippen LogP contribution is 2.14. The molecule has 0 bridgehead atoms. The molecule has 0 aliphatic carbocycles. The number of halogens is 2. The van der Waals surface area contributed by atoms with Gasteiger partial charge >= 0.3 is 0 Å². The Morgan fingerprint density at radius 1 is 1.09 bits per heavy atom. The Morgan fingerprint density at radius 2 is 1.78 bits per heavy atom. The molecule has 0 atom stereocenters. The molecule has 0 spiro atoms. The molecule has 0 heterocycles. The third-order valence-electron chi connectivity index (χ3n) is 2.91. The molecule has 2 aromatic rings. The number of carbonyl (C=O) groups is 1. The normalized spacial score (nSPS) is 11.2. The standard InChI is InChI=1S/C15H14BrFN2O3S/c16-12-4-6-14(7-5-12)23(21,22)19-9-8-18-15(20)11-2-1-3-13(17)10-11/h1-7,10,19H,8-9H2,(H,18,20). The maximum atomic E-state index is 13.0. The van der Waals surface area contributed by atoms with Crippen molar-refractivity contribution in [2.45, 2.75) is 4.90 Å². The summed E-state index contributed by atoms with van der Waals surface area (Å²) in [6.07, 6.45) is 0. The molecule has 0 aromatic heterocycles. The quantitative estimate of drug-likeness (QED) is 0.730. The molecule has 0 aliphatic heterocycles. The predicted molar refractivity (Wildman–Crippen MR) is 88.1 cm³/mol. The van der Waals surface area contributed by atoms with Gasteiger partial charge in [-0.25, -0.2) is 17.5 Å². The molecule has 1 amide bonds. The molecule has 0 saturated carbocycles. The fourth-order valence-corrected chi connectivity index (χ4v) is 3.09. The molecular weight excluding hydrogens is 387 g/mol. The van der Waals surface area contributed by atoms with Crippen LogP contribution in [0.2, 0.25) is 0 Å². The molecule has 5 nitrogen and oxygen atoms in total. The van der Waals surface area contributed by atoms with Crippen molar-refractivity contribution in [1.29, 1.82) is 0 Å². The van der Waals surface area contributed by atoms with Crippen LogP contribution in [0.3, 0.4) is 0 Å². The zero-order valence-electron chi connectivity index (χ0n) is 11.9.